The number of benzene rings is 1. The van der Waals surface area contributed by atoms with Gasteiger partial charge in [0.25, 0.3) is 0 Å². The van der Waals surface area contributed by atoms with E-state index < -0.39 is 5.97 Å². The van der Waals surface area contributed by atoms with Gasteiger partial charge < -0.3 is 20.6 Å². The Bertz CT molecular complexity index is 482. The normalized spacial score (nSPS) is 15.5. The Balaban J connectivity index is 1.97. The molecule has 1 saturated heterocycles. The molecule has 0 radical (unpaired) electrons. The second kappa shape index (κ2) is 6.91. The van der Waals surface area contributed by atoms with Crippen molar-refractivity contribution in [2.45, 2.75) is 12.8 Å². The molecule has 108 valence electrons. The first-order valence-corrected chi connectivity index (χ1v) is 6.72. The smallest absolute Gasteiger partial charge is 0.321 e. The van der Waals surface area contributed by atoms with Crippen LogP contribution in [0.25, 0.3) is 0 Å². The highest BCUT2D eigenvalue weighted by atomic mass is 16.4. The van der Waals surface area contributed by atoms with Crippen molar-refractivity contribution in [2.24, 2.45) is 0 Å². The summed E-state index contributed by atoms with van der Waals surface area (Å²) in [6.45, 7) is 3.14. The fourth-order valence-electron chi connectivity index (χ4n) is 2.19. The van der Waals surface area contributed by atoms with Gasteiger partial charge in [-0.25, -0.2) is 4.79 Å². The summed E-state index contributed by atoms with van der Waals surface area (Å²) in [6, 6.07) is 6.81. The number of aliphatic carboxylic acids is 1. The van der Waals surface area contributed by atoms with Gasteiger partial charge in [-0.3, -0.25) is 4.79 Å². The molecule has 0 aliphatic carbocycles. The van der Waals surface area contributed by atoms with Crippen LogP contribution in [0.15, 0.2) is 24.3 Å². The lowest BCUT2D eigenvalue weighted by Crippen LogP contribution is -2.37. The molecule has 0 atom stereocenters. The molecule has 1 fully saturated rings. The lowest BCUT2D eigenvalue weighted by Gasteiger charge is -2.20. The van der Waals surface area contributed by atoms with Crippen molar-refractivity contribution in [1.29, 1.82) is 0 Å². The molecule has 1 aliphatic rings. The molecular weight excluding hydrogens is 258 g/mol. The van der Waals surface area contributed by atoms with Gasteiger partial charge in [0, 0.05) is 25.3 Å². The molecule has 0 aromatic heterocycles. The van der Waals surface area contributed by atoms with Gasteiger partial charge in [0.15, 0.2) is 0 Å². The SMILES string of the molecule is O=C(O)Cc1cccc(NC(=O)N2CCCNCC2)c1. The largest absolute Gasteiger partial charge is 0.481 e. The molecule has 3 N–H and O–H groups in total. The summed E-state index contributed by atoms with van der Waals surface area (Å²) in [4.78, 5) is 24.6. The molecule has 2 amide bonds. The standard InChI is InChI=1S/C14H19N3O3/c18-13(19)10-11-3-1-4-12(9-11)16-14(20)17-7-2-5-15-6-8-17/h1,3-4,9,15H,2,5-8,10H2,(H,16,20)(H,18,19). The Hall–Kier alpha value is -2.08. The highest BCUT2D eigenvalue weighted by molar-refractivity contribution is 5.89. The number of carboxylic acids is 1. The zero-order valence-corrected chi connectivity index (χ0v) is 11.3. The van der Waals surface area contributed by atoms with Crippen molar-refractivity contribution < 1.29 is 14.7 Å². The van der Waals surface area contributed by atoms with Crippen molar-refractivity contribution in [3.63, 3.8) is 0 Å². The number of carboxylic acid groups (broad SMARTS) is 1. The first kappa shape index (κ1) is 14.3. The van der Waals surface area contributed by atoms with Crippen LogP contribution in [-0.2, 0) is 11.2 Å². The Kier molecular flexibility index (Phi) is 4.95. The molecule has 2 rings (SSSR count). The van der Waals surface area contributed by atoms with Crippen molar-refractivity contribution in [3.8, 4) is 0 Å². The van der Waals surface area contributed by atoms with Crippen LogP contribution < -0.4 is 10.6 Å². The third-order valence-corrected chi connectivity index (χ3v) is 3.16. The molecular formula is C14H19N3O3. The molecule has 20 heavy (non-hydrogen) atoms. The summed E-state index contributed by atoms with van der Waals surface area (Å²) in [5.41, 5.74) is 1.30. The minimum atomic E-state index is -0.882. The van der Waals surface area contributed by atoms with Crippen LogP contribution in [-0.4, -0.2) is 48.2 Å². The molecule has 6 nitrogen and oxygen atoms in total. The topological polar surface area (TPSA) is 81.7 Å². The van der Waals surface area contributed by atoms with Crippen LogP contribution in [0, 0.1) is 0 Å². The number of nitrogens with zero attached hydrogens (tertiary/aromatic N) is 1. The van der Waals surface area contributed by atoms with E-state index in [1.807, 2.05) is 0 Å². The fourth-order valence-corrected chi connectivity index (χ4v) is 2.19. The summed E-state index contributed by atoms with van der Waals surface area (Å²) in [5, 5.41) is 14.8. The van der Waals surface area contributed by atoms with E-state index >= 15 is 0 Å². The Morgan fingerprint density at radius 2 is 2.15 bits per heavy atom. The molecule has 0 saturated carbocycles. The van der Waals surface area contributed by atoms with Crippen molar-refractivity contribution in [1.82, 2.24) is 10.2 Å². The van der Waals surface area contributed by atoms with Crippen molar-refractivity contribution >= 4 is 17.7 Å². The van der Waals surface area contributed by atoms with Crippen LogP contribution in [0.5, 0.6) is 0 Å². The quantitative estimate of drug-likeness (QED) is 0.774. The summed E-state index contributed by atoms with van der Waals surface area (Å²) in [5.74, 6) is -0.882. The number of carbonyl (C=O) groups excluding carboxylic acids is 1. The van der Waals surface area contributed by atoms with Crippen LogP contribution in [0.2, 0.25) is 0 Å². The molecule has 1 heterocycles. The monoisotopic (exact) mass is 277 g/mol. The number of carbonyl (C=O) groups is 2. The summed E-state index contributed by atoms with van der Waals surface area (Å²) >= 11 is 0. The molecule has 6 heteroatoms. The van der Waals surface area contributed by atoms with E-state index in [0.717, 1.165) is 26.1 Å². The van der Waals surface area contributed by atoms with E-state index in [9.17, 15) is 9.59 Å². The third-order valence-electron chi connectivity index (χ3n) is 3.16. The molecule has 1 aromatic carbocycles. The molecule has 0 bridgehead atoms. The van der Waals surface area contributed by atoms with Crippen molar-refractivity contribution in [3.05, 3.63) is 29.8 Å². The lowest BCUT2D eigenvalue weighted by molar-refractivity contribution is -0.136. The summed E-state index contributed by atoms with van der Waals surface area (Å²) in [7, 11) is 0. The summed E-state index contributed by atoms with van der Waals surface area (Å²) in [6.07, 6.45) is 0.893. The van der Waals surface area contributed by atoms with E-state index in [4.69, 9.17) is 5.11 Å². The maximum atomic E-state index is 12.1. The van der Waals surface area contributed by atoms with Gasteiger partial charge in [-0.1, -0.05) is 12.1 Å². The second-order valence-electron chi connectivity index (χ2n) is 4.79. The van der Waals surface area contributed by atoms with Crippen LogP contribution in [0.4, 0.5) is 10.5 Å². The number of anilines is 1. The van der Waals surface area contributed by atoms with E-state index in [1.165, 1.54) is 0 Å². The predicted octanol–water partition coefficient (Wildman–Crippen LogP) is 1.14. The van der Waals surface area contributed by atoms with Gasteiger partial charge >= 0.3 is 12.0 Å². The number of hydrogen-bond donors (Lipinski definition) is 3. The highest BCUT2D eigenvalue weighted by Crippen LogP contribution is 2.12. The van der Waals surface area contributed by atoms with Crippen molar-refractivity contribution in [2.75, 3.05) is 31.5 Å². The Morgan fingerprint density at radius 1 is 1.30 bits per heavy atom. The fraction of sp³-hybridized carbons (Fsp3) is 0.429. The number of nitrogens with one attached hydrogen (secondary N) is 2. The van der Waals surface area contributed by atoms with Gasteiger partial charge in [-0.15, -0.1) is 0 Å². The van der Waals surface area contributed by atoms with Gasteiger partial charge in [0.05, 0.1) is 6.42 Å². The molecule has 1 aliphatic heterocycles. The van der Waals surface area contributed by atoms with E-state index in [-0.39, 0.29) is 12.5 Å². The Morgan fingerprint density at radius 3 is 2.95 bits per heavy atom. The van der Waals surface area contributed by atoms with Gasteiger partial charge in [0.1, 0.15) is 0 Å². The summed E-state index contributed by atoms with van der Waals surface area (Å²) < 4.78 is 0. The van der Waals surface area contributed by atoms with Gasteiger partial charge in [-0.05, 0) is 30.7 Å². The van der Waals surface area contributed by atoms with E-state index in [0.29, 0.717) is 17.8 Å². The average Bonchev–Trinajstić information content (AvgIpc) is 2.67. The maximum Gasteiger partial charge on any atom is 0.321 e. The van der Waals surface area contributed by atoms with Crippen LogP contribution >= 0.6 is 0 Å². The minimum absolute atomic E-state index is 0.0443. The van der Waals surface area contributed by atoms with Gasteiger partial charge in [0.2, 0.25) is 0 Å². The molecule has 1 aromatic rings. The first-order chi connectivity index (χ1) is 9.65. The van der Waals surface area contributed by atoms with E-state index in [1.54, 1.807) is 29.2 Å². The number of rotatable bonds is 3. The predicted molar refractivity (Wildman–Crippen MR) is 75.9 cm³/mol. The number of amides is 2. The van der Waals surface area contributed by atoms with Crippen LogP contribution in [0.3, 0.4) is 0 Å². The van der Waals surface area contributed by atoms with Gasteiger partial charge in [-0.2, -0.15) is 0 Å². The van der Waals surface area contributed by atoms with Crippen LogP contribution in [0.1, 0.15) is 12.0 Å². The lowest BCUT2D eigenvalue weighted by atomic mass is 10.1. The zero-order chi connectivity index (χ0) is 14.4. The second-order valence-corrected chi connectivity index (χ2v) is 4.79. The molecule has 0 unspecified atom stereocenters. The maximum absolute atomic E-state index is 12.1. The minimum Gasteiger partial charge on any atom is -0.481 e. The third kappa shape index (κ3) is 4.24. The number of urea groups is 1. The zero-order valence-electron chi connectivity index (χ0n) is 11.3. The first-order valence-electron chi connectivity index (χ1n) is 6.72. The molecule has 0 spiro atoms. The van der Waals surface area contributed by atoms with E-state index in [2.05, 4.69) is 10.6 Å². The highest BCUT2D eigenvalue weighted by Gasteiger charge is 2.15. The average molecular weight is 277 g/mol. The number of hydrogen-bond acceptors (Lipinski definition) is 3. The Labute approximate surface area is 117 Å².